The van der Waals surface area contributed by atoms with Gasteiger partial charge in [-0.2, -0.15) is 5.10 Å². The molecule has 102 valence electrons. The summed E-state index contributed by atoms with van der Waals surface area (Å²) >= 11 is 6.32. The van der Waals surface area contributed by atoms with Gasteiger partial charge in [0.25, 0.3) is 0 Å². The normalized spacial score (nSPS) is 32.8. The number of hydrogen-bond acceptors (Lipinski definition) is 2. The molecule has 3 unspecified atom stereocenters. The topological polar surface area (TPSA) is 43.8 Å². The van der Waals surface area contributed by atoms with Crippen molar-refractivity contribution in [1.82, 2.24) is 9.78 Å². The lowest BCUT2D eigenvalue weighted by Gasteiger charge is -2.40. The highest BCUT2D eigenvalue weighted by atomic mass is 35.5. The Morgan fingerprint density at radius 1 is 1.44 bits per heavy atom. The first-order valence-corrected chi connectivity index (χ1v) is 7.17. The van der Waals surface area contributed by atoms with E-state index in [1.807, 2.05) is 18.7 Å². The summed E-state index contributed by atoms with van der Waals surface area (Å²) in [6, 6.07) is 0. The van der Waals surface area contributed by atoms with Crippen LogP contribution in [0.4, 0.5) is 0 Å². The van der Waals surface area contributed by atoms with Crippen LogP contribution in [0, 0.1) is 18.8 Å². The number of halogens is 1. The number of hydrogen-bond donors (Lipinski definition) is 1. The van der Waals surface area contributed by atoms with E-state index in [1.54, 1.807) is 0 Å². The molecule has 0 amide bonds. The monoisotopic (exact) mass is 269 g/mol. The second kappa shape index (κ2) is 4.86. The summed E-state index contributed by atoms with van der Waals surface area (Å²) in [4.78, 5) is 0. The predicted molar refractivity (Wildman–Crippen MR) is 75.8 cm³/mol. The Morgan fingerprint density at radius 2 is 2.11 bits per heavy atom. The summed E-state index contributed by atoms with van der Waals surface area (Å²) in [5, 5.41) is 5.16. The molecule has 1 aliphatic rings. The highest BCUT2D eigenvalue weighted by Crippen LogP contribution is 2.37. The van der Waals surface area contributed by atoms with E-state index in [9.17, 15) is 0 Å². The highest BCUT2D eigenvalue weighted by Gasteiger charge is 2.35. The van der Waals surface area contributed by atoms with Gasteiger partial charge in [-0.05, 0) is 38.0 Å². The van der Waals surface area contributed by atoms with E-state index in [4.69, 9.17) is 17.3 Å². The SMILES string of the molecule is Cc1nn(C)c(CC2(N)CCC(C)C(C)C2)c1Cl. The summed E-state index contributed by atoms with van der Waals surface area (Å²) < 4.78 is 1.88. The Morgan fingerprint density at radius 3 is 2.61 bits per heavy atom. The molecule has 1 aliphatic carbocycles. The molecule has 0 saturated heterocycles. The Hall–Kier alpha value is -0.540. The van der Waals surface area contributed by atoms with Crippen LogP contribution >= 0.6 is 11.6 Å². The van der Waals surface area contributed by atoms with Gasteiger partial charge >= 0.3 is 0 Å². The van der Waals surface area contributed by atoms with Crippen molar-refractivity contribution in [3.05, 3.63) is 16.4 Å². The minimum atomic E-state index is -0.115. The zero-order valence-corrected chi connectivity index (χ0v) is 12.6. The first kappa shape index (κ1) is 13.9. The number of aryl methyl sites for hydroxylation is 2. The molecule has 0 aromatic carbocycles. The van der Waals surface area contributed by atoms with Crippen LogP contribution < -0.4 is 5.73 Å². The van der Waals surface area contributed by atoms with Gasteiger partial charge in [-0.15, -0.1) is 0 Å². The fourth-order valence-corrected chi connectivity index (χ4v) is 3.34. The van der Waals surface area contributed by atoms with Gasteiger partial charge in [0.05, 0.1) is 16.4 Å². The number of aromatic nitrogens is 2. The summed E-state index contributed by atoms with van der Waals surface area (Å²) in [6.45, 7) is 6.58. The van der Waals surface area contributed by atoms with Crippen molar-refractivity contribution in [2.24, 2.45) is 24.6 Å². The zero-order valence-electron chi connectivity index (χ0n) is 11.8. The van der Waals surface area contributed by atoms with Gasteiger partial charge in [-0.3, -0.25) is 4.68 Å². The third-order valence-electron chi connectivity index (χ3n) is 4.58. The number of nitrogens with two attached hydrogens (primary N) is 1. The van der Waals surface area contributed by atoms with Gasteiger partial charge in [0, 0.05) is 19.0 Å². The maximum Gasteiger partial charge on any atom is 0.0847 e. The predicted octanol–water partition coefficient (Wildman–Crippen LogP) is 3.08. The highest BCUT2D eigenvalue weighted by molar-refractivity contribution is 6.31. The molecule has 0 radical (unpaired) electrons. The lowest BCUT2D eigenvalue weighted by molar-refractivity contribution is 0.174. The first-order chi connectivity index (χ1) is 8.32. The first-order valence-electron chi connectivity index (χ1n) is 6.79. The molecule has 18 heavy (non-hydrogen) atoms. The summed E-state index contributed by atoms with van der Waals surface area (Å²) in [5.41, 5.74) is 8.46. The van der Waals surface area contributed by atoms with E-state index < -0.39 is 0 Å². The molecule has 2 rings (SSSR count). The number of nitrogens with zero attached hydrogens (tertiary/aromatic N) is 2. The molecule has 1 aromatic heterocycles. The minimum absolute atomic E-state index is 0.115. The third kappa shape index (κ3) is 2.57. The van der Waals surface area contributed by atoms with Crippen LogP contribution in [0.15, 0.2) is 0 Å². The quantitative estimate of drug-likeness (QED) is 0.897. The zero-order chi connectivity index (χ0) is 13.5. The standard InChI is InChI=1S/C14H24ClN3/c1-9-5-6-14(16,7-10(9)2)8-12-13(15)11(3)17-18(12)4/h9-10H,5-8,16H2,1-4H3. The van der Waals surface area contributed by atoms with E-state index in [2.05, 4.69) is 18.9 Å². The molecule has 3 atom stereocenters. The van der Waals surface area contributed by atoms with Gasteiger partial charge in [-0.25, -0.2) is 0 Å². The molecule has 4 heteroatoms. The van der Waals surface area contributed by atoms with Crippen molar-refractivity contribution in [2.75, 3.05) is 0 Å². The Kier molecular flexibility index (Phi) is 3.75. The summed E-state index contributed by atoms with van der Waals surface area (Å²) in [6.07, 6.45) is 4.21. The van der Waals surface area contributed by atoms with Crippen LogP contribution in [0.1, 0.15) is 44.5 Å². The molecule has 0 bridgehead atoms. The second-order valence-corrected chi connectivity index (χ2v) is 6.58. The van der Waals surface area contributed by atoms with Crippen molar-refractivity contribution in [3.8, 4) is 0 Å². The average molecular weight is 270 g/mol. The fraction of sp³-hybridized carbons (Fsp3) is 0.786. The van der Waals surface area contributed by atoms with Gasteiger partial charge in [0.15, 0.2) is 0 Å². The maximum absolute atomic E-state index is 6.59. The van der Waals surface area contributed by atoms with Gasteiger partial charge < -0.3 is 5.73 Å². The maximum atomic E-state index is 6.59. The third-order valence-corrected chi connectivity index (χ3v) is 5.07. The van der Waals surface area contributed by atoms with E-state index in [-0.39, 0.29) is 5.54 Å². The lowest BCUT2D eigenvalue weighted by Crippen LogP contribution is -2.48. The molecule has 3 nitrogen and oxygen atoms in total. The van der Waals surface area contributed by atoms with Crippen LogP contribution in [-0.2, 0) is 13.5 Å². The van der Waals surface area contributed by atoms with Crippen LogP contribution in [0.3, 0.4) is 0 Å². The lowest BCUT2D eigenvalue weighted by atomic mass is 9.70. The summed E-state index contributed by atoms with van der Waals surface area (Å²) in [5.74, 6) is 1.47. The van der Waals surface area contributed by atoms with Crippen molar-refractivity contribution in [1.29, 1.82) is 0 Å². The van der Waals surface area contributed by atoms with Gasteiger partial charge in [0.2, 0.25) is 0 Å². The van der Waals surface area contributed by atoms with Crippen molar-refractivity contribution in [3.63, 3.8) is 0 Å². The largest absolute Gasteiger partial charge is 0.325 e. The van der Waals surface area contributed by atoms with E-state index >= 15 is 0 Å². The molecular formula is C14H24ClN3. The van der Waals surface area contributed by atoms with E-state index in [0.29, 0.717) is 5.92 Å². The van der Waals surface area contributed by atoms with Crippen LogP contribution in [0.5, 0.6) is 0 Å². The molecule has 1 heterocycles. The van der Waals surface area contributed by atoms with Crippen molar-refractivity contribution < 1.29 is 0 Å². The average Bonchev–Trinajstić information content (AvgIpc) is 2.51. The molecular weight excluding hydrogens is 246 g/mol. The van der Waals surface area contributed by atoms with Crippen LogP contribution in [-0.4, -0.2) is 15.3 Å². The molecule has 0 spiro atoms. The van der Waals surface area contributed by atoms with E-state index in [1.165, 1.54) is 6.42 Å². The molecule has 1 fully saturated rings. The van der Waals surface area contributed by atoms with Crippen molar-refractivity contribution >= 4 is 11.6 Å². The van der Waals surface area contributed by atoms with Gasteiger partial charge in [-0.1, -0.05) is 25.4 Å². The molecule has 1 saturated carbocycles. The van der Waals surface area contributed by atoms with Crippen LogP contribution in [0.25, 0.3) is 0 Å². The molecule has 2 N–H and O–H groups in total. The van der Waals surface area contributed by atoms with E-state index in [0.717, 1.165) is 41.6 Å². The second-order valence-electron chi connectivity index (χ2n) is 6.21. The molecule has 1 aromatic rings. The Balaban J connectivity index is 2.18. The Labute approximate surface area is 115 Å². The smallest absolute Gasteiger partial charge is 0.0847 e. The fourth-order valence-electron chi connectivity index (χ4n) is 3.11. The van der Waals surface area contributed by atoms with Crippen molar-refractivity contribution in [2.45, 2.75) is 52.0 Å². The molecule has 0 aliphatic heterocycles. The minimum Gasteiger partial charge on any atom is -0.325 e. The van der Waals surface area contributed by atoms with Gasteiger partial charge in [0.1, 0.15) is 0 Å². The summed E-state index contributed by atoms with van der Waals surface area (Å²) in [7, 11) is 1.95. The Bertz CT molecular complexity index is 440. The number of rotatable bonds is 2. The van der Waals surface area contributed by atoms with Crippen LogP contribution in [0.2, 0.25) is 5.02 Å².